The molecule has 0 amide bonds. The van der Waals surface area contributed by atoms with Gasteiger partial charge >= 0.3 is 5.97 Å². The van der Waals surface area contributed by atoms with E-state index in [0.29, 0.717) is 12.1 Å². The molecule has 4 nitrogen and oxygen atoms in total. The summed E-state index contributed by atoms with van der Waals surface area (Å²) in [4.78, 5) is 15.6. The summed E-state index contributed by atoms with van der Waals surface area (Å²) in [6.07, 6.45) is 5.37. The van der Waals surface area contributed by atoms with Gasteiger partial charge in [-0.2, -0.15) is 0 Å². The van der Waals surface area contributed by atoms with Gasteiger partial charge in [-0.25, -0.2) is 4.79 Å². The number of hydrogen-bond acceptors (Lipinski definition) is 3. The summed E-state index contributed by atoms with van der Waals surface area (Å²) in [5.41, 5.74) is 0.563. The highest BCUT2D eigenvalue weighted by molar-refractivity contribution is 5.87. The molecule has 0 atom stereocenters. The van der Waals surface area contributed by atoms with E-state index in [2.05, 4.69) is 9.80 Å². The molecule has 1 N–H and O–H groups in total. The van der Waals surface area contributed by atoms with Crippen LogP contribution >= 0.6 is 0 Å². The van der Waals surface area contributed by atoms with Crippen LogP contribution in [0.1, 0.15) is 19.3 Å². The Morgan fingerprint density at radius 2 is 1.88 bits per heavy atom. The first-order chi connectivity index (χ1) is 7.75. The van der Waals surface area contributed by atoms with E-state index in [1.165, 1.54) is 25.9 Å². The van der Waals surface area contributed by atoms with E-state index < -0.39 is 5.97 Å². The number of likely N-dealkylation sites (tertiary alicyclic amines) is 1. The van der Waals surface area contributed by atoms with Crippen molar-refractivity contribution in [3.8, 4) is 0 Å². The molecule has 0 aromatic carbocycles. The Balaban J connectivity index is 1.74. The summed E-state index contributed by atoms with van der Waals surface area (Å²) in [6, 6.07) is 0. The van der Waals surface area contributed by atoms with Crippen molar-refractivity contribution in [1.82, 2.24) is 9.80 Å². The third-order valence-electron chi connectivity index (χ3n) is 3.44. The molecule has 0 aliphatic carbocycles. The molecular formula is C12H20N2O2. The lowest BCUT2D eigenvalue weighted by atomic mass is 10.1. The van der Waals surface area contributed by atoms with Crippen LogP contribution in [0.5, 0.6) is 0 Å². The normalized spacial score (nSPS) is 23.4. The highest BCUT2D eigenvalue weighted by atomic mass is 16.4. The molecule has 2 aliphatic rings. The van der Waals surface area contributed by atoms with Gasteiger partial charge in [-0.1, -0.05) is 6.08 Å². The monoisotopic (exact) mass is 224 g/mol. The SMILES string of the molecule is O=C(O)C1=CCCN(CCN2CCCC2)C1. The first-order valence-electron chi connectivity index (χ1n) is 6.13. The Morgan fingerprint density at radius 1 is 1.19 bits per heavy atom. The van der Waals surface area contributed by atoms with E-state index >= 15 is 0 Å². The smallest absolute Gasteiger partial charge is 0.332 e. The minimum Gasteiger partial charge on any atom is -0.478 e. The van der Waals surface area contributed by atoms with Crippen LogP contribution in [0.3, 0.4) is 0 Å². The molecule has 1 saturated heterocycles. The molecule has 0 aromatic rings. The zero-order valence-electron chi connectivity index (χ0n) is 9.69. The molecule has 16 heavy (non-hydrogen) atoms. The molecule has 0 unspecified atom stereocenters. The van der Waals surface area contributed by atoms with Crippen molar-refractivity contribution < 1.29 is 9.90 Å². The van der Waals surface area contributed by atoms with Gasteiger partial charge < -0.3 is 10.0 Å². The maximum Gasteiger partial charge on any atom is 0.332 e. The zero-order chi connectivity index (χ0) is 11.4. The van der Waals surface area contributed by atoms with Gasteiger partial charge in [0.05, 0.1) is 0 Å². The van der Waals surface area contributed by atoms with Crippen molar-refractivity contribution >= 4 is 5.97 Å². The zero-order valence-corrected chi connectivity index (χ0v) is 9.69. The van der Waals surface area contributed by atoms with Gasteiger partial charge in [-0.05, 0) is 32.4 Å². The maximum absolute atomic E-state index is 10.9. The number of aliphatic carboxylic acids is 1. The number of carboxylic acids is 1. The maximum atomic E-state index is 10.9. The largest absolute Gasteiger partial charge is 0.478 e. The molecule has 90 valence electrons. The molecule has 0 radical (unpaired) electrons. The third kappa shape index (κ3) is 3.06. The Hall–Kier alpha value is -0.870. The standard InChI is InChI=1S/C12H20N2O2/c15-12(16)11-4-3-7-14(10-11)9-8-13-5-1-2-6-13/h4H,1-3,5-10H2,(H,15,16). The van der Waals surface area contributed by atoms with E-state index in [-0.39, 0.29) is 0 Å². The summed E-state index contributed by atoms with van der Waals surface area (Å²) in [6.45, 7) is 6.15. The Bertz CT molecular complexity index is 283. The lowest BCUT2D eigenvalue weighted by Gasteiger charge is -2.27. The predicted molar refractivity (Wildman–Crippen MR) is 62.4 cm³/mol. The van der Waals surface area contributed by atoms with Crippen molar-refractivity contribution in [2.75, 3.05) is 39.3 Å². The number of rotatable bonds is 4. The fourth-order valence-corrected chi connectivity index (χ4v) is 2.44. The number of hydrogen-bond donors (Lipinski definition) is 1. The van der Waals surface area contributed by atoms with Crippen molar-refractivity contribution in [2.45, 2.75) is 19.3 Å². The molecule has 2 rings (SSSR count). The average Bonchev–Trinajstić information content (AvgIpc) is 2.79. The summed E-state index contributed by atoms with van der Waals surface area (Å²) in [5, 5.41) is 8.93. The molecule has 0 saturated carbocycles. The predicted octanol–water partition coefficient (Wildman–Crippen LogP) is 0.799. The van der Waals surface area contributed by atoms with Gasteiger partial charge in [-0.15, -0.1) is 0 Å². The Kier molecular flexibility index (Phi) is 3.96. The van der Waals surface area contributed by atoms with Gasteiger partial charge in [-0.3, -0.25) is 4.90 Å². The van der Waals surface area contributed by atoms with Crippen LogP contribution < -0.4 is 0 Å². The molecule has 0 aromatic heterocycles. The third-order valence-corrected chi connectivity index (χ3v) is 3.44. The van der Waals surface area contributed by atoms with Gasteiger partial charge in [0.1, 0.15) is 0 Å². The molecular weight excluding hydrogens is 204 g/mol. The fourth-order valence-electron chi connectivity index (χ4n) is 2.44. The van der Waals surface area contributed by atoms with Gasteiger partial charge in [0.2, 0.25) is 0 Å². The second-order valence-corrected chi connectivity index (χ2v) is 4.65. The van der Waals surface area contributed by atoms with Crippen LogP contribution in [-0.2, 0) is 4.79 Å². The van der Waals surface area contributed by atoms with E-state index in [0.717, 1.165) is 26.1 Å². The summed E-state index contributed by atoms with van der Waals surface area (Å²) in [7, 11) is 0. The average molecular weight is 224 g/mol. The van der Waals surface area contributed by atoms with Crippen LogP contribution in [-0.4, -0.2) is 60.1 Å². The first-order valence-corrected chi connectivity index (χ1v) is 6.13. The number of carbonyl (C=O) groups is 1. The summed E-state index contributed by atoms with van der Waals surface area (Å²) >= 11 is 0. The minimum atomic E-state index is -0.758. The van der Waals surface area contributed by atoms with Crippen LogP contribution in [0.4, 0.5) is 0 Å². The summed E-state index contributed by atoms with van der Waals surface area (Å²) in [5.74, 6) is -0.758. The molecule has 1 fully saturated rings. The second-order valence-electron chi connectivity index (χ2n) is 4.65. The van der Waals surface area contributed by atoms with Gasteiger partial charge in [0, 0.05) is 31.8 Å². The number of nitrogens with zero attached hydrogens (tertiary/aromatic N) is 2. The van der Waals surface area contributed by atoms with E-state index in [9.17, 15) is 4.79 Å². The number of carboxylic acid groups (broad SMARTS) is 1. The van der Waals surface area contributed by atoms with Crippen LogP contribution in [0, 0.1) is 0 Å². The van der Waals surface area contributed by atoms with Gasteiger partial charge in [0.15, 0.2) is 0 Å². The molecule has 0 bridgehead atoms. The lowest BCUT2D eigenvalue weighted by molar-refractivity contribution is -0.133. The molecule has 4 heteroatoms. The molecule has 0 spiro atoms. The van der Waals surface area contributed by atoms with E-state index in [4.69, 9.17) is 5.11 Å². The summed E-state index contributed by atoms with van der Waals surface area (Å²) < 4.78 is 0. The van der Waals surface area contributed by atoms with E-state index in [1.807, 2.05) is 6.08 Å². The highest BCUT2D eigenvalue weighted by Gasteiger charge is 2.18. The lowest BCUT2D eigenvalue weighted by Crippen LogP contribution is -2.38. The highest BCUT2D eigenvalue weighted by Crippen LogP contribution is 2.11. The van der Waals surface area contributed by atoms with Gasteiger partial charge in [0.25, 0.3) is 0 Å². The Morgan fingerprint density at radius 3 is 2.56 bits per heavy atom. The quantitative estimate of drug-likeness (QED) is 0.767. The Labute approximate surface area is 96.5 Å². The van der Waals surface area contributed by atoms with Crippen LogP contribution in [0.15, 0.2) is 11.6 Å². The van der Waals surface area contributed by atoms with Crippen LogP contribution in [0.2, 0.25) is 0 Å². The molecule has 2 aliphatic heterocycles. The van der Waals surface area contributed by atoms with Crippen molar-refractivity contribution in [3.05, 3.63) is 11.6 Å². The molecule has 2 heterocycles. The first kappa shape index (κ1) is 11.6. The van der Waals surface area contributed by atoms with Crippen molar-refractivity contribution in [1.29, 1.82) is 0 Å². The van der Waals surface area contributed by atoms with E-state index in [1.54, 1.807) is 0 Å². The van der Waals surface area contributed by atoms with Crippen molar-refractivity contribution in [3.63, 3.8) is 0 Å². The second kappa shape index (κ2) is 5.46. The fraction of sp³-hybridized carbons (Fsp3) is 0.750. The van der Waals surface area contributed by atoms with Crippen LogP contribution in [0.25, 0.3) is 0 Å². The minimum absolute atomic E-state index is 0.563. The topological polar surface area (TPSA) is 43.8 Å². The van der Waals surface area contributed by atoms with Crippen molar-refractivity contribution in [2.24, 2.45) is 0 Å².